The lowest BCUT2D eigenvalue weighted by atomic mass is 10.1. The van der Waals surface area contributed by atoms with Gasteiger partial charge in [0.25, 0.3) is 5.91 Å². The molecule has 1 atom stereocenters. The molecule has 2 aromatic rings. The van der Waals surface area contributed by atoms with E-state index in [1.807, 2.05) is 12.1 Å². The summed E-state index contributed by atoms with van der Waals surface area (Å²) in [6, 6.07) is 7.31. The van der Waals surface area contributed by atoms with E-state index in [0.717, 1.165) is 37.9 Å². The van der Waals surface area contributed by atoms with Gasteiger partial charge in [0.05, 0.1) is 5.92 Å². The molecule has 23 heavy (non-hydrogen) atoms. The quantitative estimate of drug-likeness (QED) is 0.800. The van der Waals surface area contributed by atoms with Crippen molar-refractivity contribution in [2.45, 2.75) is 32.1 Å². The summed E-state index contributed by atoms with van der Waals surface area (Å²) in [5.74, 6) is 1.52. The normalized spacial score (nSPS) is 17.3. The highest BCUT2D eigenvalue weighted by atomic mass is 16.5. The summed E-state index contributed by atoms with van der Waals surface area (Å²) in [4.78, 5) is 16.5. The molecule has 1 aliphatic rings. The van der Waals surface area contributed by atoms with Crippen LogP contribution >= 0.6 is 0 Å². The molecule has 2 heterocycles. The minimum atomic E-state index is -0.0455. The van der Waals surface area contributed by atoms with Crippen molar-refractivity contribution >= 4 is 5.91 Å². The Bertz CT molecular complexity index is 645. The first-order chi connectivity index (χ1) is 11.3. The average molecular weight is 314 g/mol. The van der Waals surface area contributed by atoms with Gasteiger partial charge in [-0.2, -0.15) is 4.98 Å². The van der Waals surface area contributed by atoms with Gasteiger partial charge in [-0.25, -0.2) is 0 Å². The number of amides is 1. The van der Waals surface area contributed by atoms with Gasteiger partial charge >= 0.3 is 0 Å². The largest absolute Gasteiger partial charge is 0.352 e. The SMILES string of the molecule is CCCCNC(=O)c1ccc(-c2noc([C@@H]3CCNC3)n2)cc1. The summed E-state index contributed by atoms with van der Waals surface area (Å²) in [6.07, 6.45) is 3.08. The number of benzene rings is 1. The van der Waals surface area contributed by atoms with Gasteiger partial charge < -0.3 is 15.2 Å². The first-order valence-corrected chi connectivity index (χ1v) is 8.21. The highest BCUT2D eigenvalue weighted by Gasteiger charge is 2.23. The van der Waals surface area contributed by atoms with E-state index in [2.05, 4.69) is 27.7 Å². The number of aromatic nitrogens is 2. The highest BCUT2D eigenvalue weighted by Crippen LogP contribution is 2.24. The van der Waals surface area contributed by atoms with Crippen molar-refractivity contribution in [1.82, 2.24) is 20.8 Å². The van der Waals surface area contributed by atoms with Gasteiger partial charge in [-0.15, -0.1) is 0 Å². The Morgan fingerprint density at radius 3 is 2.91 bits per heavy atom. The second-order valence-corrected chi connectivity index (χ2v) is 5.83. The van der Waals surface area contributed by atoms with Crippen molar-refractivity contribution in [1.29, 1.82) is 0 Å². The maximum Gasteiger partial charge on any atom is 0.251 e. The third-order valence-electron chi connectivity index (χ3n) is 4.07. The van der Waals surface area contributed by atoms with Crippen molar-refractivity contribution in [2.24, 2.45) is 0 Å². The summed E-state index contributed by atoms with van der Waals surface area (Å²) in [5, 5.41) is 10.2. The summed E-state index contributed by atoms with van der Waals surface area (Å²) in [6.45, 7) is 4.69. The Kier molecular flexibility index (Phi) is 5.02. The molecule has 122 valence electrons. The number of nitrogens with zero attached hydrogens (tertiary/aromatic N) is 2. The summed E-state index contributed by atoms with van der Waals surface area (Å²) < 4.78 is 5.37. The molecular formula is C17H22N4O2. The number of rotatable bonds is 6. The van der Waals surface area contributed by atoms with Crippen molar-refractivity contribution < 1.29 is 9.32 Å². The van der Waals surface area contributed by atoms with E-state index < -0.39 is 0 Å². The molecule has 0 unspecified atom stereocenters. The Morgan fingerprint density at radius 2 is 2.22 bits per heavy atom. The third-order valence-corrected chi connectivity index (χ3v) is 4.07. The minimum absolute atomic E-state index is 0.0455. The van der Waals surface area contributed by atoms with Gasteiger partial charge in [0.2, 0.25) is 11.7 Å². The predicted molar refractivity (Wildman–Crippen MR) is 87.2 cm³/mol. The lowest BCUT2D eigenvalue weighted by Crippen LogP contribution is -2.24. The molecule has 0 spiro atoms. The number of hydrogen-bond acceptors (Lipinski definition) is 5. The summed E-state index contributed by atoms with van der Waals surface area (Å²) in [7, 11) is 0. The Labute approximate surface area is 135 Å². The van der Waals surface area contributed by atoms with Gasteiger partial charge in [-0.1, -0.05) is 30.6 Å². The van der Waals surface area contributed by atoms with E-state index >= 15 is 0 Å². The van der Waals surface area contributed by atoms with Crippen LogP contribution in [0.2, 0.25) is 0 Å². The zero-order chi connectivity index (χ0) is 16.1. The second kappa shape index (κ2) is 7.37. The zero-order valence-corrected chi connectivity index (χ0v) is 13.3. The van der Waals surface area contributed by atoms with Crippen LogP contribution in [0.1, 0.15) is 48.4 Å². The molecule has 1 fully saturated rings. The van der Waals surface area contributed by atoms with Gasteiger partial charge in [0, 0.05) is 24.2 Å². The monoisotopic (exact) mass is 314 g/mol. The zero-order valence-electron chi connectivity index (χ0n) is 13.3. The van der Waals surface area contributed by atoms with E-state index in [9.17, 15) is 4.79 Å². The Morgan fingerprint density at radius 1 is 1.39 bits per heavy atom. The first-order valence-electron chi connectivity index (χ1n) is 8.21. The van der Waals surface area contributed by atoms with E-state index in [1.165, 1.54) is 0 Å². The lowest BCUT2D eigenvalue weighted by Gasteiger charge is -2.04. The smallest absolute Gasteiger partial charge is 0.251 e. The van der Waals surface area contributed by atoms with E-state index in [4.69, 9.17) is 4.52 Å². The van der Waals surface area contributed by atoms with E-state index in [1.54, 1.807) is 12.1 Å². The maximum absolute atomic E-state index is 12.0. The molecule has 0 aliphatic carbocycles. The fourth-order valence-electron chi connectivity index (χ4n) is 2.64. The predicted octanol–water partition coefficient (Wildman–Crippen LogP) is 2.34. The van der Waals surface area contributed by atoms with Crippen LogP contribution in [0.25, 0.3) is 11.4 Å². The third kappa shape index (κ3) is 3.76. The molecular weight excluding hydrogens is 292 g/mol. The lowest BCUT2D eigenvalue weighted by molar-refractivity contribution is 0.0953. The van der Waals surface area contributed by atoms with E-state index in [-0.39, 0.29) is 5.91 Å². The molecule has 2 N–H and O–H groups in total. The van der Waals surface area contributed by atoms with Crippen LogP contribution in [0.15, 0.2) is 28.8 Å². The number of carbonyl (C=O) groups is 1. The van der Waals surface area contributed by atoms with Crippen molar-refractivity contribution in [3.63, 3.8) is 0 Å². The van der Waals surface area contributed by atoms with Crippen molar-refractivity contribution in [3.8, 4) is 11.4 Å². The number of carbonyl (C=O) groups excluding carboxylic acids is 1. The highest BCUT2D eigenvalue weighted by molar-refractivity contribution is 5.94. The molecule has 1 saturated heterocycles. The molecule has 1 aromatic carbocycles. The van der Waals surface area contributed by atoms with Crippen molar-refractivity contribution in [3.05, 3.63) is 35.7 Å². The molecule has 1 aliphatic heterocycles. The van der Waals surface area contributed by atoms with Crippen LogP contribution in [0.4, 0.5) is 0 Å². The Balaban J connectivity index is 1.66. The minimum Gasteiger partial charge on any atom is -0.352 e. The van der Waals surface area contributed by atoms with Crippen molar-refractivity contribution in [2.75, 3.05) is 19.6 Å². The van der Waals surface area contributed by atoms with Gasteiger partial charge in [0.15, 0.2) is 0 Å². The second-order valence-electron chi connectivity index (χ2n) is 5.83. The molecule has 3 rings (SSSR count). The molecule has 6 heteroatoms. The molecule has 6 nitrogen and oxygen atoms in total. The van der Waals surface area contributed by atoms with Crippen LogP contribution in [0.3, 0.4) is 0 Å². The molecule has 1 amide bonds. The van der Waals surface area contributed by atoms with E-state index in [0.29, 0.717) is 29.7 Å². The van der Waals surface area contributed by atoms with Crippen LogP contribution in [0, 0.1) is 0 Å². The first kappa shape index (κ1) is 15.7. The summed E-state index contributed by atoms with van der Waals surface area (Å²) >= 11 is 0. The number of nitrogens with one attached hydrogen (secondary N) is 2. The van der Waals surface area contributed by atoms with Crippen LogP contribution in [-0.4, -0.2) is 35.7 Å². The fraction of sp³-hybridized carbons (Fsp3) is 0.471. The average Bonchev–Trinajstić information content (AvgIpc) is 3.26. The molecule has 0 radical (unpaired) electrons. The number of unbranched alkanes of at least 4 members (excludes halogenated alkanes) is 1. The fourth-order valence-corrected chi connectivity index (χ4v) is 2.64. The molecule has 0 saturated carbocycles. The number of hydrogen-bond donors (Lipinski definition) is 2. The van der Waals surface area contributed by atoms with Gasteiger partial charge in [0.1, 0.15) is 0 Å². The maximum atomic E-state index is 12.0. The standard InChI is InChI=1S/C17H22N4O2/c1-2-3-9-19-16(22)13-6-4-12(5-7-13)15-20-17(23-21-15)14-8-10-18-11-14/h4-7,14,18H,2-3,8-11H2,1H3,(H,19,22)/t14-/m1/s1. The molecule has 1 aromatic heterocycles. The van der Waals surface area contributed by atoms with Gasteiger partial charge in [-0.3, -0.25) is 4.79 Å². The topological polar surface area (TPSA) is 80.0 Å². The van der Waals surface area contributed by atoms with Crippen LogP contribution < -0.4 is 10.6 Å². The van der Waals surface area contributed by atoms with Gasteiger partial charge in [-0.05, 0) is 31.5 Å². The molecule has 0 bridgehead atoms. The van der Waals surface area contributed by atoms with Crippen LogP contribution in [0.5, 0.6) is 0 Å². The van der Waals surface area contributed by atoms with Crippen LogP contribution in [-0.2, 0) is 0 Å². The Hall–Kier alpha value is -2.21. The summed E-state index contributed by atoms with van der Waals surface area (Å²) in [5.41, 5.74) is 1.50.